The molecular weight excluding hydrogens is 196 g/mol. The van der Waals surface area contributed by atoms with Gasteiger partial charge in [-0.3, -0.25) is 0 Å². The molecule has 1 aromatic rings. The van der Waals surface area contributed by atoms with Gasteiger partial charge in [0.1, 0.15) is 0 Å². The second-order valence-electron chi connectivity index (χ2n) is 3.17. The van der Waals surface area contributed by atoms with Gasteiger partial charge in [-0.2, -0.15) is 0 Å². The zero-order valence-corrected chi connectivity index (χ0v) is 9.17. The van der Waals surface area contributed by atoms with Crippen LogP contribution in [-0.2, 0) is 0 Å². The van der Waals surface area contributed by atoms with Gasteiger partial charge in [0, 0.05) is 10.1 Å². The molecule has 1 unspecified atom stereocenters. The first-order valence-electron chi connectivity index (χ1n) is 4.63. The highest BCUT2D eigenvalue weighted by atomic mass is 32.2. The van der Waals surface area contributed by atoms with Crippen LogP contribution in [-0.4, -0.2) is 16.3 Å². The fraction of sp³-hybridized carbons (Fsp3) is 0.364. The molecule has 76 valence electrons. The molecule has 0 aliphatic heterocycles. The molecule has 1 rings (SSSR count). The Morgan fingerprint density at radius 2 is 2.29 bits per heavy atom. The van der Waals surface area contributed by atoms with Crippen LogP contribution in [0, 0.1) is 0 Å². The lowest BCUT2D eigenvalue weighted by molar-refractivity contribution is 0.0696. The smallest absolute Gasteiger partial charge is 0.335 e. The van der Waals surface area contributed by atoms with Crippen molar-refractivity contribution in [3.05, 3.63) is 29.8 Å². The van der Waals surface area contributed by atoms with Crippen molar-refractivity contribution in [2.75, 3.05) is 0 Å². The molecule has 0 saturated heterocycles. The predicted molar refractivity (Wildman–Crippen MR) is 59.0 cm³/mol. The van der Waals surface area contributed by atoms with Gasteiger partial charge in [-0.25, -0.2) is 4.79 Å². The summed E-state index contributed by atoms with van der Waals surface area (Å²) < 4.78 is 0. The summed E-state index contributed by atoms with van der Waals surface area (Å²) >= 11 is 1.71. The van der Waals surface area contributed by atoms with E-state index in [9.17, 15) is 4.79 Å². The number of hydrogen-bond donors (Lipinski definition) is 1. The molecular formula is C11H14O2S. The summed E-state index contributed by atoms with van der Waals surface area (Å²) in [4.78, 5) is 11.7. The number of hydrogen-bond acceptors (Lipinski definition) is 2. The second-order valence-corrected chi connectivity index (χ2v) is 4.68. The molecule has 0 aliphatic carbocycles. The van der Waals surface area contributed by atoms with Crippen molar-refractivity contribution in [1.29, 1.82) is 0 Å². The first kappa shape index (κ1) is 11.1. The maximum atomic E-state index is 10.7. The third-order valence-electron chi connectivity index (χ3n) is 1.99. The summed E-state index contributed by atoms with van der Waals surface area (Å²) in [5.74, 6) is -0.864. The van der Waals surface area contributed by atoms with Crippen molar-refractivity contribution in [1.82, 2.24) is 0 Å². The molecule has 1 aromatic carbocycles. The number of rotatable bonds is 4. The lowest BCUT2D eigenvalue weighted by Crippen LogP contribution is -1.97. The van der Waals surface area contributed by atoms with E-state index in [0.717, 1.165) is 11.3 Å². The normalized spacial score (nSPS) is 12.4. The van der Waals surface area contributed by atoms with Crippen LogP contribution in [0.15, 0.2) is 29.2 Å². The van der Waals surface area contributed by atoms with Crippen molar-refractivity contribution in [3.8, 4) is 0 Å². The van der Waals surface area contributed by atoms with Crippen LogP contribution in [0.4, 0.5) is 0 Å². The Morgan fingerprint density at radius 1 is 1.57 bits per heavy atom. The Balaban J connectivity index is 2.78. The number of carbonyl (C=O) groups is 1. The van der Waals surface area contributed by atoms with Crippen LogP contribution >= 0.6 is 11.8 Å². The molecule has 14 heavy (non-hydrogen) atoms. The van der Waals surface area contributed by atoms with Crippen molar-refractivity contribution in [2.24, 2.45) is 0 Å². The van der Waals surface area contributed by atoms with Gasteiger partial charge in [0.2, 0.25) is 0 Å². The van der Waals surface area contributed by atoms with Crippen LogP contribution in [0.1, 0.15) is 30.6 Å². The van der Waals surface area contributed by atoms with Crippen LogP contribution in [0.5, 0.6) is 0 Å². The fourth-order valence-corrected chi connectivity index (χ4v) is 2.00. The summed E-state index contributed by atoms with van der Waals surface area (Å²) in [6, 6.07) is 7.07. The van der Waals surface area contributed by atoms with Gasteiger partial charge in [0.25, 0.3) is 0 Å². The van der Waals surface area contributed by atoms with E-state index in [0.29, 0.717) is 10.8 Å². The van der Waals surface area contributed by atoms with Gasteiger partial charge < -0.3 is 5.11 Å². The van der Waals surface area contributed by atoms with Gasteiger partial charge in [0.05, 0.1) is 5.56 Å². The molecule has 1 atom stereocenters. The average molecular weight is 210 g/mol. The summed E-state index contributed by atoms with van der Waals surface area (Å²) in [6.07, 6.45) is 1.09. The molecule has 0 bridgehead atoms. The Kier molecular flexibility index (Phi) is 4.01. The molecule has 2 nitrogen and oxygen atoms in total. The minimum atomic E-state index is -0.864. The number of carboxylic acid groups (broad SMARTS) is 1. The number of aromatic carboxylic acids is 1. The SMILES string of the molecule is CCC(C)Sc1cccc(C(=O)O)c1. The molecule has 0 heterocycles. The Bertz CT molecular complexity index is 323. The molecule has 0 fully saturated rings. The molecule has 0 spiro atoms. The van der Waals surface area contributed by atoms with E-state index in [4.69, 9.17) is 5.11 Å². The van der Waals surface area contributed by atoms with Gasteiger partial charge in [-0.15, -0.1) is 11.8 Å². The number of thioether (sulfide) groups is 1. The standard InChI is InChI=1S/C11H14O2S/c1-3-8(2)14-10-6-4-5-9(7-10)11(12)13/h4-8H,3H2,1-2H3,(H,12,13). The summed E-state index contributed by atoms with van der Waals surface area (Å²) in [5, 5.41) is 9.32. The molecule has 1 N–H and O–H groups in total. The lowest BCUT2D eigenvalue weighted by Gasteiger charge is -2.08. The van der Waals surface area contributed by atoms with Crippen LogP contribution in [0.2, 0.25) is 0 Å². The van der Waals surface area contributed by atoms with E-state index in [2.05, 4.69) is 13.8 Å². The van der Waals surface area contributed by atoms with Crippen molar-refractivity contribution < 1.29 is 9.90 Å². The highest BCUT2D eigenvalue weighted by Gasteiger charge is 2.05. The predicted octanol–water partition coefficient (Wildman–Crippen LogP) is 3.28. The second kappa shape index (κ2) is 5.05. The molecule has 0 aliphatic rings. The lowest BCUT2D eigenvalue weighted by atomic mass is 10.2. The Morgan fingerprint density at radius 3 is 2.86 bits per heavy atom. The number of benzene rings is 1. The highest BCUT2D eigenvalue weighted by molar-refractivity contribution is 7.99. The molecule has 0 aromatic heterocycles. The van der Waals surface area contributed by atoms with Gasteiger partial charge >= 0.3 is 5.97 Å². The van der Waals surface area contributed by atoms with Gasteiger partial charge in [0.15, 0.2) is 0 Å². The molecule has 3 heteroatoms. The summed E-state index contributed by atoms with van der Waals surface area (Å²) in [7, 11) is 0. The van der Waals surface area contributed by atoms with Gasteiger partial charge in [-0.1, -0.05) is 19.9 Å². The van der Waals surface area contributed by atoms with Crippen molar-refractivity contribution >= 4 is 17.7 Å². The minimum absolute atomic E-state index is 0.360. The zero-order valence-electron chi connectivity index (χ0n) is 8.36. The average Bonchev–Trinajstić information content (AvgIpc) is 2.18. The monoisotopic (exact) mass is 210 g/mol. The van der Waals surface area contributed by atoms with Crippen LogP contribution < -0.4 is 0 Å². The van der Waals surface area contributed by atoms with E-state index >= 15 is 0 Å². The maximum absolute atomic E-state index is 10.7. The van der Waals surface area contributed by atoms with E-state index in [1.54, 1.807) is 30.0 Å². The fourth-order valence-electron chi connectivity index (χ4n) is 1.02. The van der Waals surface area contributed by atoms with E-state index in [-0.39, 0.29) is 0 Å². The van der Waals surface area contributed by atoms with Crippen LogP contribution in [0.25, 0.3) is 0 Å². The quantitative estimate of drug-likeness (QED) is 0.775. The first-order chi connectivity index (χ1) is 6.63. The van der Waals surface area contributed by atoms with Crippen LogP contribution in [0.3, 0.4) is 0 Å². The van der Waals surface area contributed by atoms with E-state index < -0.39 is 5.97 Å². The largest absolute Gasteiger partial charge is 0.478 e. The number of carboxylic acids is 1. The van der Waals surface area contributed by atoms with Gasteiger partial charge in [-0.05, 0) is 24.6 Å². The Labute approximate surface area is 88.3 Å². The third-order valence-corrected chi connectivity index (χ3v) is 3.25. The van der Waals surface area contributed by atoms with E-state index in [1.807, 2.05) is 6.07 Å². The summed E-state index contributed by atoms with van der Waals surface area (Å²) in [5.41, 5.74) is 0.360. The van der Waals surface area contributed by atoms with Crippen molar-refractivity contribution in [3.63, 3.8) is 0 Å². The first-order valence-corrected chi connectivity index (χ1v) is 5.51. The molecule has 0 radical (unpaired) electrons. The minimum Gasteiger partial charge on any atom is -0.478 e. The topological polar surface area (TPSA) is 37.3 Å². The third kappa shape index (κ3) is 3.07. The maximum Gasteiger partial charge on any atom is 0.335 e. The highest BCUT2D eigenvalue weighted by Crippen LogP contribution is 2.25. The zero-order chi connectivity index (χ0) is 10.6. The Hall–Kier alpha value is -0.960. The molecule has 0 saturated carbocycles. The molecule has 0 amide bonds. The van der Waals surface area contributed by atoms with E-state index in [1.165, 1.54) is 0 Å². The van der Waals surface area contributed by atoms with Crippen molar-refractivity contribution in [2.45, 2.75) is 30.4 Å². The summed E-state index contributed by atoms with van der Waals surface area (Å²) in [6.45, 7) is 4.26.